The first-order chi connectivity index (χ1) is 20.7. The largest absolute Gasteiger partial charge is 0.492 e. The number of anilines is 5. The van der Waals surface area contributed by atoms with Gasteiger partial charge in [0.25, 0.3) is 11.7 Å². The van der Waals surface area contributed by atoms with Crippen LogP contribution < -0.4 is 25.0 Å². The number of hydrogen-bond donors (Lipinski definition) is 3. The van der Waals surface area contributed by atoms with Crippen LogP contribution >= 0.6 is 0 Å². The zero-order valence-corrected chi connectivity index (χ0v) is 26.9. The molecular formula is C33H39N5O5S. The molecule has 0 bridgehead atoms. The molecule has 0 aliphatic rings. The quantitative estimate of drug-likeness (QED) is 0.132. The van der Waals surface area contributed by atoms with Gasteiger partial charge >= 0.3 is 0 Å². The van der Waals surface area contributed by atoms with E-state index in [9.17, 15) is 18.0 Å². The minimum atomic E-state index is -3.66. The molecule has 0 unspecified atom stereocenters. The third-order valence-corrected chi connectivity index (χ3v) is 8.48. The maximum atomic E-state index is 13.6. The average Bonchev–Trinajstić information content (AvgIpc) is 2.96. The number of nitrogens with zero attached hydrogens (tertiary/aromatic N) is 2. The van der Waals surface area contributed by atoms with Gasteiger partial charge in [0, 0.05) is 48.7 Å². The first-order valence-electron chi connectivity index (χ1n) is 14.2. The molecule has 1 heterocycles. The number of fused-ring (bicyclic) bond motifs is 1. The van der Waals surface area contributed by atoms with Crippen molar-refractivity contribution in [1.29, 1.82) is 0 Å². The predicted octanol–water partition coefficient (Wildman–Crippen LogP) is 6.32. The van der Waals surface area contributed by atoms with Gasteiger partial charge in [-0.05, 0) is 53.1 Å². The van der Waals surface area contributed by atoms with Crippen LogP contribution in [0.5, 0.6) is 5.75 Å². The summed E-state index contributed by atoms with van der Waals surface area (Å²) < 4.78 is 33.4. The smallest absolute Gasteiger partial charge is 0.296 e. The summed E-state index contributed by atoms with van der Waals surface area (Å²) in [5.74, 6) is -0.811. The number of ketones is 1. The number of benzene rings is 3. The summed E-state index contributed by atoms with van der Waals surface area (Å²) in [6.07, 6.45) is 2.14. The molecule has 0 aliphatic heterocycles. The second-order valence-corrected chi connectivity index (χ2v) is 13.5. The van der Waals surface area contributed by atoms with E-state index in [1.165, 1.54) is 7.11 Å². The van der Waals surface area contributed by atoms with E-state index in [1.807, 2.05) is 70.1 Å². The Morgan fingerprint density at radius 3 is 2.25 bits per heavy atom. The highest BCUT2D eigenvalue weighted by Crippen LogP contribution is 2.39. The lowest BCUT2D eigenvalue weighted by Gasteiger charge is -2.24. The average molecular weight is 618 g/mol. The number of amides is 1. The second-order valence-electron chi connectivity index (χ2n) is 11.7. The van der Waals surface area contributed by atoms with Gasteiger partial charge in [-0.2, -0.15) is 0 Å². The van der Waals surface area contributed by atoms with E-state index < -0.39 is 27.1 Å². The Hall–Kier alpha value is -4.64. The van der Waals surface area contributed by atoms with Crippen LogP contribution in [0.1, 0.15) is 50.0 Å². The summed E-state index contributed by atoms with van der Waals surface area (Å²) in [6.45, 7) is 7.66. The molecule has 4 rings (SSSR count). The number of carbonyl (C=O) groups excluding carboxylic acids is 2. The summed E-state index contributed by atoms with van der Waals surface area (Å²) in [5.41, 5.74) is 2.52. The summed E-state index contributed by atoms with van der Waals surface area (Å²) in [5, 5.41) is 7.44. The van der Waals surface area contributed by atoms with E-state index in [-0.39, 0.29) is 28.4 Å². The lowest BCUT2D eigenvalue weighted by molar-refractivity contribution is -0.112. The third-order valence-electron chi connectivity index (χ3n) is 7.00. The zero-order valence-electron chi connectivity index (χ0n) is 26.1. The van der Waals surface area contributed by atoms with Crippen molar-refractivity contribution in [3.63, 3.8) is 0 Å². The fourth-order valence-electron chi connectivity index (χ4n) is 4.74. The van der Waals surface area contributed by atoms with Crippen molar-refractivity contribution in [3.8, 4) is 5.75 Å². The number of aromatic nitrogens is 1. The highest BCUT2D eigenvalue weighted by Gasteiger charge is 2.26. The standard InChI is InChI=1S/C33H39N5O5S/c1-8-17-44(41,42)37-28-19-21(33(2,3)4)18-27(31(28)43-7)36-32(40)30(39)25-13-14-26(24-12-10-9-11-23(24)25)35-22-15-16-34-29(20-22)38(5)6/h9-16,18-20,37H,8,17H2,1-7H3,(H,34,35)(H,36,40). The molecule has 0 atom stereocenters. The number of sulfonamides is 1. The molecule has 0 spiro atoms. The Labute approximate surface area is 258 Å². The second kappa shape index (κ2) is 12.9. The molecule has 4 aromatic rings. The summed E-state index contributed by atoms with van der Waals surface area (Å²) in [7, 11) is 1.54. The van der Waals surface area contributed by atoms with Gasteiger partial charge in [0.2, 0.25) is 10.0 Å². The minimum Gasteiger partial charge on any atom is -0.492 e. The lowest BCUT2D eigenvalue weighted by Crippen LogP contribution is -2.25. The van der Waals surface area contributed by atoms with Gasteiger partial charge < -0.3 is 20.3 Å². The fourth-order valence-corrected chi connectivity index (χ4v) is 5.87. The number of nitrogens with one attached hydrogen (secondary N) is 3. The van der Waals surface area contributed by atoms with Crippen molar-refractivity contribution in [1.82, 2.24) is 4.98 Å². The van der Waals surface area contributed by atoms with E-state index in [1.54, 1.807) is 43.5 Å². The van der Waals surface area contributed by atoms with Crippen molar-refractivity contribution >= 4 is 61.1 Å². The molecule has 11 heteroatoms. The third kappa shape index (κ3) is 7.28. The normalized spacial score (nSPS) is 11.6. The van der Waals surface area contributed by atoms with Gasteiger partial charge in [0.1, 0.15) is 5.82 Å². The van der Waals surface area contributed by atoms with Crippen LogP contribution in [0.2, 0.25) is 0 Å². The van der Waals surface area contributed by atoms with E-state index in [0.29, 0.717) is 11.8 Å². The van der Waals surface area contributed by atoms with Gasteiger partial charge in [0.15, 0.2) is 5.75 Å². The molecule has 3 aromatic carbocycles. The molecule has 0 saturated carbocycles. The molecule has 3 N–H and O–H groups in total. The number of pyridine rings is 1. The first kappa shape index (κ1) is 32.3. The van der Waals surface area contributed by atoms with E-state index >= 15 is 0 Å². The topological polar surface area (TPSA) is 130 Å². The van der Waals surface area contributed by atoms with E-state index in [0.717, 1.165) is 28.1 Å². The number of ether oxygens (including phenoxy) is 1. The molecule has 0 aliphatic carbocycles. The Morgan fingerprint density at radius 1 is 0.932 bits per heavy atom. The molecule has 10 nitrogen and oxygen atoms in total. The number of carbonyl (C=O) groups is 2. The van der Waals surface area contributed by atoms with Gasteiger partial charge in [-0.3, -0.25) is 14.3 Å². The van der Waals surface area contributed by atoms with Crippen molar-refractivity contribution in [2.45, 2.75) is 39.5 Å². The number of Topliss-reactive ketones (excluding diaryl/α,β-unsaturated/α-hetero) is 1. The Bertz CT molecular complexity index is 1810. The van der Waals surface area contributed by atoms with E-state index in [2.05, 4.69) is 20.3 Å². The molecule has 44 heavy (non-hydrogen) atoms. The van der Waals surface area contributed by atoms with Crippen molar-refractivity contribution in [2.75, 3.05) is 47.2 Å². The van der Waals surface area contributed by atoms with Crippen LogP contribution in [0.3, 0.4) is 0 Å². The first-order valence-corrected chi connectivity index (χ1v) is 15.9. The molecule has 1 amide bonds. The van der Waals surface area contributed by atoms with Crippen LogP contribution in [-0.2, 0) is 20.2 Å². The Kier molecular flexibility index (Phi) is 9.48. The monoisotopic (exact) mass is 617 g/mol. The minimum absolute atomic E-state index is 0.0774. The van der Waals surface area contributed by atoms with Crippen molar-refractivity contribution in [2.24, 2.45) is 0 Å². The Morgan fingerprint density at radius 2 is 1.61 bits per heavy atom. The number of rotatable bonds is 11. The molecule has 232 valence electrons. The van der Waals surface area contributed by atoms with E-state index in [4.69, 9.17) is 4.74 Å². The van der Waals surface area contributed by atoms with Gasteiger partial charge in [-0.15, -0.1) is 0 Å². The highest BCUT2D eigenvalue weighted by molar-refractivity contribution is 7.92. The summed E-state index contributed by atoms with van der Waals surface area (Å²) in [6, 6.07) is 17.9. The predicted molar refractivity (Wildman–Crippen MR) is 178 cm³/mol. The number of methoxy groups -OCH3 is 1. The summed E-state index contributed by atoms with van der Waals surface area (Å²) >= 11 is 0. The highest BCUT2D eigenvalue weighted by atomic mass is 32.2. The van der Waals surface area contributed by atoms with Crippen LogP contribution in [0.25, 0.3) is 10.8 Å². The number of hydrogen-bond acceptors (Lipinski definition) is 8. The molecular weight excluding hydrogens is 578 g/mol. The Balaban J connectivity index is 1.70. The van der Waals surface area contributed by atoms with Crippen LogP contribution in [0, 0.1) is 0 Å². The molecule has 0 radical (unpaired) electrons. The van der Waals surface area contributed by atoms with Crippen LogP contribution in [-0.4, -0.2) is 52.1 Å². The van der Waals surface area contributed by atoms with Gasteiger partial charge in [-0.25, -0.2) is 13.4 Å². The van der Waals surface area contributed by atoms with Gasteiger partial charge in [-0.1, -0.05) is 52.0 Å². The zero-order chi connectivity index (χ0) is 32.2. The maximum absolute atomic E-state index is 13.6. The SMILES string of the molecule is CCCS(=O)(=O)Nc1cc(C(C)(C)C)cc(NC(=O)C(=O)c2ccc(Nc3ccnc(N(C)C)c3)c3ccccc23)c1OC. The van der Waals surface area contributed by atoms with Crippen molar-refractivity contribution < 1.29 is 22.7 Å². The van der Waals surface area contributed by atoms with Gasteiger partial charge in [0.05, 0.1) is 24.2 Å². The molecule has 0 fully saturated rings. The maximum Gasteiger partial charge on any atom is 0.296 e. The van der Waals surface area contributed by atoms with Crippen molar-refractivity contribution in [3.05, 3.63) is 78.0 Å². The lowest BCUT2D eigenvalue weighted by atomic mass is 9.86. The molecule has 1 aromatic heterocycles. The summed E-state index contributed by atoms with van der Waals surface area (Å²) in [4.78, 5) is 33.4. The molecule has 0 saturated heterocycles. The van der Waals surface area contributed by atoms with Crippen LogP contribution in [0.15, 0.2) is 66.9 Å². The fraction of sp³-hybridized carbons (Fsp3) is 0.303. The van der Waals surface area contributed by atoms with Crippen LogP contribution in [0.4, 0.5) is 28.6 Å².